The van der Waals surface area contributed by atoms with Crippen LogP contribution in [0.15, 0.2) is 16.5 Å². The molecule has 1 unspecified atom stereocenters. The second kappa shape index (κ2) is 5.69. The second-order valence-electron chi connectivity index (χ2n) is 5.58. The Labute approximate surface area is 118 Å². The molecular weight excluding hydrogens is 258 g/mol. The molecule has 1 fully saturated rings. The molecule has 1 atom stereocenters. The second-order valence-corrected chi connectivity index (χ2v) is 5.58. The van der Waals surface area contributed by atoms with Gasteiger partial charge in [-0.25, -0.2) is 0 Å². The maximum absolute atomic E-state index is 12.4. The van der Waals surface area contributed by atoms with Gasteiger partial charge in [0.05, 0.1) is 5.41 Å². The van der Waals surface area contributed by atoms with Crippen LogP contribution in [-0.4, -0.2) is 35.0 Å². The Morgan fingerprint density at radius 3 is 2.75 bits per heavy atom. The molecule has 5 heteroatoms. The van der Waals surface area contributed by atoms with Crippen molar-refractivity contribution in [3.05, 3.63) is 23.7 Å². The summed E-state index contributed by atoms with van der Waals surface area (Å²) in [6.45, 7) is 4.62. The predicted molar refractivity (Wildman–Crippen MR) is 73.6 cm³/mol. The van der Waals surface area contributed by atoms with Gasteiger partial charge in [0.25, 0.3) is 5.91 Å². The topological polar surface area (TPSA) is 70.8 Å². The minimum absolute atomic E-state index is 0.209. The minimum atomic E-state index is -0.801. The molecule has 1 N–H and O–H groups in total. The summed E-state index contributed by atoms with van der Waals surface area (Å²) in [7, 11) is 0. The molecule has 20 heavy (non-hydrogen) atoms. The zero-order valence-corrected chi connectivity index (χ0v) is 12.0. The first-order valence-corrected chi connectivity index (χ1v) is 7.07. The maximum atomic E-state index is 12.4. The number of carbonyl (C=O) groups is 2. The molecule has 1 aliphatic rings. The third-order valence-corrected chi connectivity index (χ3v) is 4.00. The van der Waals surface area contributed by atoms with Crippen molar-refractivity contribution in [2.24, 2.45) is 5.41 Å². The van der Waals surface area contributed by atoms with Gasteiger partial charge in [-0.1, -0.05) is 13.3 Å². The lowest BCUT2D eigenvalue weighted by Gasteiger charge is -2.39. The number of likely N-dealkylation sites (tertiary alicyclic amines) is 1. The summed E-state index contributed by atoms with van der Waals surface area (Å²) in [4.78, 5) is 25.6. The molecule has 2 heterocycles. The van der Waals surface area contributed by atoms with E-state index in [1.54, 1.807) is 24.0 Å². The first-order valence-electron chi connectivity index (χ1n) is 7.07. The smallest absolute Gasteiger partial charge is 0.311 e. The summed E-state index contributed by atoms with van der Waals surface area (Å²) in [5, 5.41) is 9.53. The molecule has 0 radical (unpaired) electrons. The summed E-state index contributed by atoms with van der Waals surface area (Å²) in [5.41, 5.74) is -0.801. The van der Waals surface area contributed by atoms with Crippen molar-refractivity contribution in [2.75, 3.05) is 13.1 Å². The van der Waals surface area contributed by atoms with Crippen LogP contribution in [0.5, 0.6) is 0 Å². The van der Waals surface area contributed by atoms with Crippen LogP contribution in [0.25, 0.3) is 0 Å². The van der Waals surface area contributed by atoms with Gasteiger partial charge in [0.15, 0.2) is 5.76 Å². The van der Waals surface area contributed by atoms with E-state index < -0.39 is 11.4 Å². The van der Waals surface area contributed by atoms with Crippen molar-refractivity contribution >= 4 is 11.9 Å². The van der Waals surface area contributed by atoms with E-state index in [1.807, 2.05) is 6.92 Å². The van der Waals surface area contributed by atoms with Crippen LogP contribution in [-0.2, 0) is 4.79 Å². The van der Waals surface area contributed by atoms with E-state index >= 15 is 0 Å². The molecule has 1 aromatic heterocycles. The first-order chi connectivity index (χ1) is 9.48. The number of furan rings is 1. The normalized spacial score (nSPS) is 22.8. The lowest BCUT2D eigenvalue weighted by molar-refractivity contribution is -0.152. The average Bonchev–Trinajstić information content (AvgIpc) is 2.85. The molecule has 2 rings (SSSR count). The van der Waals surface area contributed by atoms with E-state index in [2.05, 4.69) is 0 Å². The van der Waals surface area contributed by atoms with Gasteiger partial charge in [0.1, 0.15) is 5.76 Å². The van der Waals surface area contributed by atoms with E-state index in [0.717, 1.165) is 12.8 Å². The zero-order chi connectivity index (χ0) is 14.8. The number of amides is 1. The number of rotatable bonds is 4. The Bertz CT molecular complexity index is 504. The van der Waals surface area contributed by atoms with E-state index in [-0.39, 0.29) is 12.5 Å². The highest BCUT2D eigenvalue weighted by Gasteiger charge is 2.43. The van der Waals surface area contributed by atoms with Crippen molar-refractivity contribution < 1.29 is 19.1 Å². The Kier molecular flexibility index (Phi) is 4.16. The number of hydrogen-bond donors (Lipinski definition) is 1. The van der Waals surface area contributed by atoms with Gasteiger partial charge in [0.2, 0.25) is 0 Å². The van der Waals surface area contributed by atoms with Crippen LogP contribution >= 0.6 is 0 Å². The van der Waals surface area contributed by atoms with Gasteiger partial charge < -0.3 is 14.4 Å². The Morgan fingerprint density at radius 2 is 2.20 bits per heavy atom. The molecular formula is C15H21NO4. The minimum Gasteiger partial charge on any atom is -0.481 e. The summed E-state index contributed by atoms with van der Waals surface area (Å²) in [5.74, 6) is -0.0318. The molecule has 0 spiro atoms. The molecule has 0 bridgehead atoms. The largest absolute Gasteiger partial charge is 0.481 e. The average molecular weight is 279 g/mol. The molecule has 5 nitrogen and oxygen atoms in total. The SMILES string of the molecule is CCCC1(C(=O)O)CCCN(C(=O)c2ccc(C)o2)C1. The van der Waals surface area contributed by atoms with Crippen LogP contribution in [0.4, 0.5) is 0 Å². The molecule has 0 saturated carbocycles. The molecule has 1 saturated heterocycles. The van der Waals surface area contributed by atoms with E-state index in [9.17, 15) is 14.7 Å². The van der Waals surface area contributed by atoms with Crippen molar-refractivity contribution in [3.8, 4) is 0 Å². The summed E-state index contributed by atoms with van der Waals surface area (Å²) in [6, 6.07) is 3.39. The fraction of sp³-hybridized carbons (Fsp3) is 0.600. The molecule has 110 valence electrons. The lowest BCUT2D eigenvalue weighted by atomic mass is 9.76. The summed E-state index contributed by atoms with van der Waals surface area (Å²) >= 11 is 0. The maximum Gasteiger partial charge on any atom is 0.311 e. The van der Waals surface area contributed by atoms with Gasteiger partial charge in [-0.05, 0) is 38.3 Å². The predicted octanol–water partition coefficient (Wildman–Crippen LogP) is 2.70. The molecule has 0 aromatic carbocycles. The third kappa shape index (κ3) is 2.71. The molecule has 1 aliphatic heterocycles. The fourth-order valence-corrected chi connectivity index (χ4v) is 2.97. The van der Waals surface area contributed by atoms with Crippen LogP contribution in [0, 0.1) is 12.3 Å². The van der Waals surface area contributed by atoms with Crippen LogP contribution in [0.3, 0.4) is 0 Å². The number of nitrogens with zero attached hydrogens (tertiary/aromatic N) is 1. The van der Waals surface area contributed by atoms with Crippen molar-refractivity contribution in [3.63, 3.8) is 0 Å². The Balaban J connectivity index is 2.17. The van der Waals surface area contributed by atoms with Gasteiger partial charge in [-0.15, -0.1) is 0 Å². The molecule has 1 aromatic rings. The summed E-state index contributed by atoms with van der Waals surface area (Å²) < 4.78 is 5.35. The Morgan fingerprint density at radius 1 is 1.45 bits per heavy atom. The number of carboxylic acids is 1. The number of aliphatic carboxylic acids is 1. The van der Waals surface area contributed by atoms with Crippen molar-refractivity contribution in [2.45, 2.75) is 39.5 Å². The van der Waals surface area contributed by atoms with Crippen molar-refractivity contribution in [1.82, 2.24) is 4.90 Å². The molecule has 1 amide bonds. The number of piperidine rings is 1. The molecule has 0 aliphatic carbocycles. The number of carboxylic acid groups (broad SMARTS) is 1. The summed E-state index contributed by atoms with van der Waals surface area (Å²) in [6.07, 6.45) is 2.76. The third-order valence-electron chi connectivity index (χ3n) is 4.00. The first kappa shape index (κ1) is 14.6. The highest BCUT2D eigenvalue weighted by Crippen LogP contribution is 2.35. The standard InChI is InChI=1S/C15H21NO4/c1-3-7-15(14(18)19)8-4-9-16(10-15)13(17)12-6-5-11(2)20-12/h5-6H,3-4,7-10H2,1-2H3,(H,18,19). The van der Waals surface area contributed by atoms with Crippen molar-refractivity contribution in [1.29, 1.82) is 0 Å². The number of carbonyl (C=O) groups excluding carboxylic acids is 1. The number of aryl methyl sites for hydroxylation is 1. The fourth-order valence-electron chi connectivity index (χ4n) is 2.97. The van der Waals surface area contributed by atoms with E-state index in [0.29, 0.717) is 30.9 Å². The van der Waals surface area contributed by atoms with E-state index in [1.165, 1.54) is 0 Å². The van der Waals surface area contributed by atoms with E-state index in [4.69, 9.17) is 4.42 Å². The van der Waals surface area contributed by atoms with Gasteiger partial charge in [0, 0.05) is 13.1 Å². The quantitative estimate of drug-likeness (QED) is 0.919. The number of hydrogen-bond acceptors (Lipinski definition) is 3. The zero-order valence-electron chi connectivity index (χ0n) is 12.0. The highest BCUT2D eigenvalue weighted by atomic mass is 16.4. The van der Waals surface area contributed by atoms with Crippen LogP contribution < -0.4 is 0 Å². The lowest BCUT2D eigenvalue weighted by Crippen LogP contribution is -2.49. The van der Waals surface area contributed by atoms with Gasteiger partial charge in [-0.2, -0.15) is 0 Å². The van der Waals surface area contributed by atoms with Gasteiger partial charge in [-0.3, -0.25) is 9.59 Å². The Hall–Kier alpha value is -1.78. The highest BCUT2D eigenvalue weighted by molar-refractivity contribution is 5.92. The van der Waals surface area contributed by atoms with Crippen LogP contribution in [0.1, 0.15) is 48.9 Å². The van der Waals surface area contributed by atoms with Gasteiger partial charge >= 0.3 is 5.97 Å². The monoisotopic (exact) mass is 279 g/mol. The van der Waals surface area contributed by atoms with Crippen LogP contribution in [0.2, 0.25) is 0 Å².